The molecule has 1 aromatic carbocycles. The van der Waals surface area contributed by atoms with Crippen LogP contribution in [0.5, 0.6) is 0 Å². The number of aliphatic hydroxyl groups is 2. The highest BCUT2D eigenvalue weighted by Crippen LogP contribution is 2.17. The Hall–Kier alpha value is -0.0900. The van der Waals surface area contributed by atoms with E-state index in [9.17, 15) is 4.21 Å². The zero-order valence-corrected chi connectivity index (χ0v) is 22.1. The number of hydrogen-bond donors (Lipinski definition) is 3. The van der Waals surface area contributed by atoms with Gasteiger partial charge in [-0.25, -0.2) is 4.21 Å². The summed E-state index contributed by atoms with van der Waals surface area (Å²) in [5.41, 5.74) is 6.23. The number of unbranched alkanes of at least 4 members (excludes halogenated alkanes) is 8. The number of hydrogen-bond acceptors (Lipinski definition) is 7. The van der Waals surface area contributed by atoms with Crippen molar-refractivity contribution >= 4 is 34.6 Å². The van der Waals surface area contributed by atoms with Crippen molar-refractivity contribution in [1.82, 2.24) is 0 Å². The average molecular weight is 506 g/mol. The molecular formula is C24H43NO4S3. The molecule has 4 N–H and O–H groups in total. The first kappa shape index (κ1) is 29.9. The highest BCUT2D eigenvalue weighted by atomic mass is 32.2. The first-order valence-electron chi connectivity index (χ1n) is 11.8. The summed E-state index contributed by atoms with van der Waals surface area (Å²) in [6, 6.07) is 7.63. The van der Waals surface area contributed by atoms with E-state index >= 15 is 0 Å². The molecule has 0 aliphatic carbocycles. The molecular weight excluding hydrogens is 462 g/mol. The lowest BCUT2D eigenvalue weighted by atomic mass is 9.94. The van der Waals surface area contributed by atoms with E-state index in [4.69, 9.17) is 20.1 Å². The molecule has 0 fully saturated rings. The Morgan fingerprint density at radius 3 is 2.00 bits per heavy atom. The van der Waals surface area contributed by atoms with Gasteiger partial charge in [-0.15, -0.1) is 11.8 Å². The Balaban J connectivity index is 1.80. The van der Waals surface area contributed by atoms with E-state index in [1.807, 2.05) is 54.7 Å². The molecule has 32 heavy (non-hydrogen) atoms. The molecule has 0 amide bonds. The molecule has 5 nitrogen and oxygen atoms in total. The summed E-state index contributed by atoms with van der Waals surface area (Å²) in [5, 5.41) is 19.4. The third-order valence-electron chi connectivity index (χ3n) is 5.39. The lowest BCUT2D eigenvalue weighted by Gasteiger charge is -2.24. The summed E-state index contributed by atoms with van der Waals surface area (Å²) >= 11 is 2.47. The minimum Gasteiger partial charge on any atom is -0.394 e. The predicted octanol–water partition coefficient (Wildman–Crippen LogP) is 5.04. The van der Waals surface area contributed by atoms with Crippen molar-refractivity contribution in [3.8, 4) is 0 Å². The minimum atomic E-state index is -1.36. The van der Waals surface area contributed by atoms with Gasteiger partial charge < -0.3 is 15.9 Å². The van der Waals surface area contributed by atoms with Gasteiger partial charge in [-0.1, -0.05) is 69.1 Å². The van der Waals surface area contributed by atoms with Crippen LogP contribution in [0.15, 0.2) is 29.2 Å². The van der Waals surface area contributed by atoms with E-state index in [1.54, 1.807) is 0 Å². The quantitative estimate of drug-likeness (QED) is 0.159. The van der Waals surface area contributed by atoms with Gasteiger partial charge in [-0.05, 0) is 37.7 Å². The fourth-order valence-corrected chi connectivity index (χ4v) is 6.05. The summed E-state index contributed by atoms with van der Waals surface area (Å²) in [4.78, 5) is 0.730. The third kappa shape index (κ3) is 14.9. The van der Waals surface area contributed by atoms with Crippen molar-refractivity contribution in [3.63, 3.8) is 0 Å². The van der Waals surface area contributed by atoms with Gasteiger partial charge in [0.15, 0.2) is 11.1 Å². The topological polar surface area (TPSA) is 92.8 Å². The van der Waals surface area contributed by atoms with Gasteiger partial charge >= 0.3 is 0 Å². The summed E-state index contributed by atoms with van der Waals surface area (Å²) in [7, 11) is 0. The summed E-state index contributed by atoms with van der Waals surface area (Å²) in [6.07, 6.45) is 11.8. The Morgan fingerprint density at radius 2 is 1.41 bits per heavy atom. The first-order valence-corrected chi connectivity index (χ1v) is 15.2. The van der Waals surface area contributed by atoms with Crippen LogP contribution in [0.25, 0.3) is 0 Å². The van der Waals surface area contributed by atoms with E-state index in [1.165, 1.54) is 50.7 Å². The average Bonchev–Trinajstić information content (AvgIpc) is 2.81. The number of benzene rings is 1. The molecule has 0 aliphatic rings. The molecule has 1 atom stereocenters. The van der Waals surface area contributed by atoms with Crippen LogP contribution < -0.4 is 5.73 Å². The zero-order valence-electron chi connectivity index (χ0n) is 19.6. The van der Waals surface area contributed by atoms with Gasteiger partial charge in [0.1, 0.15) is 0 Å². The van der Waals surface area contributed by atoms with Crippen LogP contribution in [0.2, 0.25) is 0 Å². The van der Waals surface area contributed by atoms with E-state index in [-0.39, 0.29) is 13.2 Å². The molecule has 0 spiro atoms. The van der Waals surface area contributed by atoms with Crippen molar-refractivity contribution in [2.24, 2.45) is 5.73 Å². The Morgan fingerprint density at radius 1 is 0.875 bits per heavy atom. The van der Waals surface area contributed by atoms with Crippen LogP contribution >= 0.6 is 23.5 Å². The molecule has 0 bridgehead atoms. The maximum Gasteiger partial charge on any atom is 0.189 e. The molecule has 0 aromatic heterocycles. The van der Waals surface area contributed by atoms with Crippen LogP contribution in [0.3, 0.4) is 0 Å². The van der Waals surface area contributed by atoms with E-state index in [0.717, 1.165) is 34.1 Å². The maximum absolute atomic E-state index is 12.0. The second kappa shape index (κ2) is 19.2. The highest BCUT2D eigenvalue weighted by Gasteiger charge is 2.21. The largest absolute Gasteiger partial charge is 0.394 e. The monoisotopic (exact) mass is 505 g/mol. The van der Waals surface area contributed by atoms with Crippen LogP contribution in [0, 0.1) is 6.92 Å². The number of rotatable bonds is 21. The maximum atomic E-state index is 12.0. The summed E-state index contributed by atoms with van der Waals surface area (Å²) in [6.45, 7) is 2.23. The Labute approximate surface area is 206 Å². The van der Waals surface area contributed by atoms with E-state index in [2.05, 4.69) is 0 Å². The fourth-order valence-electron chi connectivity index (χ4n) is 3.19. The number of thioether (sulfide) groups is 2. The van der Waals surface area contributed by atoms with Gasteiger partial charge in [-0.3, -0.25) is 4.18 Å². The SMILES string of the molecule is Cc1ccc(S(=O)OCCSCSCCCCCCCCCCCC(N)(CO)CO)cc1. The molecule has 0 radical (unpaired) electrons. The van der Waals surface area contributed by atoms with Crippen LogP contribution in [0.4, 0.5) is 0 Å². The van der Waals surface area contributed by atoms with Crippen molar-refractivity contribution in [3.05, 3.63) is 29.8 Å². The third-order valence-corrected chi connectivity index (χ3v) is 8.80. The highest BCUT2D eigenvalue weighted by molar-refractivity contribution is 8.15. The van der Waals surface area contributed by atoms with Gasteiger partial charge in [-0.2, -0.15) is 11.8 Å². The molecule has 0 saturated heterocycles. The van der Waals surface area contributed by atoms with Gasteiger partial charge in [0.2, 0.25) is 0 Å². The summed E-state index contributed by atoms with van der Waals surface area (Å²) in [5.74, 6) is 2.08. The molecule has 0 heterocycles. The standard InChI is InChI=1S/C24H43NO4S3/c1-22-11-13-23(14-12-22)32(28)29-16-18-31-21-30-17-10-8-6-4-2-3-5-7-9-15-24(25,19-26)20-27/h11-14,26-27H,2-10,15-21,25H2,1H3. The van der Waals surface area contributed by atoms with Crippen LogP contribution in [-0.4, -0.2) is 56.4 Å². The zero-order chi connectivity index (χ0) is 23.5. The van der Waals surface area contributed by atoms with Crippen molar-refractivity contribution in [2.45, 2.75) is 81.6 Å². The lowest BCUT2D eigenvalue weighted by molar-refractivity contribution is 0.112. The number of aryl methyl sites for hydroxylation is 1. The van der Waals surface area contributed by atoms with Crippen LogP contribution in [-0.2, 0) is 15.3 Å². The molecule has 1 aromatic rings. The van der Waals surface area contributed by atoms with Crippen molar-refractivity contribution in [2.75, 3.05) is 36.4 Å². The molecule has 186 valence electrons. The second-order valence-electron chi connectivity index (χ2n) is 8.41. The Kier molecular flexibility index (Phi) is 18.0. The predicted molar refractivity (Wildman–Crippen MR) is 141 cm³/mol. The van der Waals surface area contributed by atoms with Gasteiger partial charge in [0, 0.05) is 10.8 Å². The minimum absolute atomic E-state index is 0.147. The smallest absolute Gasteiger partial charge is 0.189 e. The fraction of sp³-hybridized carbons (Fsp3) is 0.750. The van der Waals surface area contributed by atoms with Crippen molar-refractivity contribution in [1.29, 1.82) is 0 Å². The first-order chi connectivity index (χ1) is 15.5. The molecule has 0 aliphatic heterocycles. The molecule has 0 saturated carbocycles. The lowest BCUT2D eigenvalue weighted by Crippen LogP contribution is -2.47. The van der Waals surface area contributed by atoms with E-state index in [0.29, 0.717) is 13.0 Å². The Bertz CT molecular complexity index is 597. The second-order valence-corrected chi connectivity index (χ2v) is 12.2. The molecule has 1 rings (SSSR count). The molecule has 1 unspecified atom stereocenters. The van der Waals surface area contributed by atoms with Crippen molar-refractivity contribution < 1.29 is 18.6 Å². The van der Waals surface area contributed by atoms with E-state index < -0.39 is 16.6 Å². The molecule has 8 heteroatoms. The van der Waals surface area contributed by atoms with Crippen LogP contribution in [0.1, 0.15) is 69.8 Å². The van der Waals surface area contributed by atoms with Gasteiger partial charge in [0.25, 0.3) is 0 Å². The number of aliphatic hydroxyl groups excluding tert-OH is 2. The summed E-state index contributed by atoms with van der Waals surface area (Å²) < 4.78 is 17.4. The number of nitrogens with two attached hydrogens (primary N) is 1. The van der Waals surface area contributed by atoms with Gasteiger partial charge in [0.05, 0.1) is 30.3 Å². The normalized spacial score (nSPS) is 12.9.